The van der Waals surface area contributed by atoms with Crippen molar-refractivity contribution < 1.29 is 9.31 Å². The molecule has 0 saturated carbocycles. The maximum atomic E-state index is 6.22. The lowest BCUT2D eigenvalue weighted by Crippen LogP contribution is -2.41. The van der Waals surface area contributed by atoms with Crippen LogP contribution in [0.3, 0.4) is 0 Å². The van der Waals surface area contributed by atoms with E-state index in [9.17, 15) is 0 Å². The van der Waals surface area contributed by atoms with Crippen molar-refractivity contribution in [2.45, 2.75) is 38.9 Å². The third-order valence-corrected chi connectivity index (χ3v) is 5.84. The number of hydrogen-bond donors (Lipinski definition) is 0. The first-order chi connectivity index (χ1) is 12.4. The third-order valence-electron chi connectivity index (χ3n) is 5.84. The second-order valence-corrected chi connectivity index (χ2v) is 8.04. The quantitative estimate of drug-likeness (QED) is 0.491. The van der Waals surface area contributed by atoms with Gasteiger partial charge in [0.1, 0.15) is 5.65 Å². The lowest BCUT2D eigenvalue weighted by atomic mass is 9.78. The number of pyridine rings is 1. The van der Waals surface area contributed by atoms with E-state index in [1.165, 1.54) is 0 Å². The highest BCUT2D eigenvalue weighted by Gasteiger charge is 2.51. The summed E-state index contributed by atoms with van der Waals surface area (Å²) in [5.41, 5.74) is 3.41. The van der Waals surface area contributed by atoms with Crippen LogP contribution in [0, 0.1) is 0 Å². The second-order valence-electron chi connectivity index (χ2n) is 8.04. The number of rotatable bonds is 1. The zero-order valence-electron chi connectivity index (χ0n) is 15.5. The van der Waals surface area contributed by atoms with E-state index in [2.05, 4.69) is 68.6 Å². The number of aromatic nitrogens is 2. The Morgan fingerprint density at radius 1 is 0.923 bits per heavy atom. The monoisotopic (exact) mass is 344 g/mol. The number of para-hydroxylation sites is 2. The van der Waals surface area contributed by atoms with Gasteiger partial charge in [0, 0.05) is 11.6 Å². The molecule has 0 radical (unpaired) electrons. The molecule has 5 rings (SSSR count). The van der Waals surface area contributed by atoms with E-state index in [0.717, 1.165) is 32.9 Å². The fraction of sp³-hybridized carbons (Fsp3) is 0.286. The van der Waals surface area contributed by atoms with Crippen LogP contribution in [-0.2, 0) is 9.31 Å². The van der Waals surface area contributed by atoms with Crippen LogP contribution in [0.4, 0.5) is 0 Å². The molecule has 5 heteroatoms. The Morgan fingerprint density at radius 3 is 2.42 bits per heavy atom. The molecule has 2 aromatic carbocycles. The summed E-state index contributed by atoms with van der Waals surface area (Å²) >= 11 is 0. The molecule has 1 aliphatic heterocycles. The van der Waals surface area contributed by atoms with E-state index >= 15 is 0 Å². The molecule has 0 unspecified atom stereocenters. The summed E-state index contributed by atoms with van der Waals surface area (Å²) in [6, 6.07) is 16.7. The van der Waals surface area contributed by atoms with Crippen LogP contribution in [-0.4, -0.2) is 27.7 Å². The van der Waals surface area contributed by atoms with E-state index in [1.54, 1.807) is 0 Å². The molecule has 1 saturated heterocycles. The number of nitrogens with zero attached hydrogens (tertiary/aromatic N) is 2. The molecule has 4 aromatic rings. The summed E-state index contributed by atoms with van der Waals surface area (Å²) in [7, 11) is -0.367. The van der Waals surface area contributed by atoms with Crippen LogP contribution < -0.4 is 5.46 Å². The Labute approximate surface area is 152 Å². The van der Waals surface area contributed by atoms with Gasteiger partial charge in [-0.3, -0.25) is 4.40 Å². The molecular formula is C21H21BN2O2. The summed E-state index contributed by atoms with van der Waals surface area (Å²) in [6.45, 7) is 8.31. The summed E-state index contributed by atoms with van der Waals surface area (Å²) in [5, 5.41) is 2.27. The van der Waals surface area contributed by atoms with Crippen LogP contribution >= 0.6 is 0 Å². The molecule has 0 atom stereocenters. The first-order valence-corrected chi connectivity index (χ1v) is 9.01. The van der Waals surface area contributed by atoms with Crippen LogP contribution in [0.15, 0.2) is 54.7 Å². The van der Waals surface area contributed by atoms with Gasteiger partial charge in [-0.25, -0.2) is 4.98 Å². The fourth-order valence-corrected chi connectivity index (χ4v) is 3.58. The van der Waals surface area contributed by atoms with Gasteiger partial charge in [0.2, 0.25) is 0 Å². The molecule has 2 aromatic heterocycles. The lowest BCUT2D eigenvalue weighted by Gasteiger charge is -2.32. The van der Waals surface area contributed by atoms with Gasteiger partial charge in [0.05, 0.1) is 22.2 Å². The van der Waals surface area contributed by atoms with E-state index in [-0.39, 0.29) is 18.3 Å². The van der Waals surface area contributed by atoms with Gasteiger partial charge in [-0.2, -0.15) is 0 Å². The standard InChI is InChI=1S/C21H21BN2O2/c1-20(2)21(3,4)26-22(25-20)15-10-9-14-11-12-24-18-8-6-5-7-17(18)23-19(24)16(14)13-15/h5-13H,1-4H3. The Balaban J connectivity index is 1.70. The first-order valence-electron chi connectivity index (χ1n) is 9.01. The predicted molar refractivity (Wildman–Crippen MR) is 106 cm³/mol. The van der Waals surface area contributed by atoms with Crippen LogP contribution in [0.25, 0.3) is 27.5 Å². The molecule has 3 heterocycles. The highest BCUT2D eigenvalue weighted by molar-refractivity contribution is 6.62. The van der Waals surface area contributed by atoms with Crippen molar-refractivity contribution in [3.8, 4) is 0 Å². The SMILES string of the molecule is CC1(C)OB(c2ccc3ccn4c5ccccc5nc4c3c2)OC1(C)C. The van der Waals surface area contributed by atoms with E-state index in [4.69, 9.17) is 14.3 Å². The van der Waals surface area contributed by atoms with Crippen LogP contribution in [0.1, 0.15) is 27.7 Å². The molecule has 0 N–H and O–H groups in total. The predicted octanol–water partition coefficient (Wildman–Crippen LogP) is 3.94. The Bertz CT molecular complexity index is 1150. The molecule has 0 aliphatic carbocycles. The highest BCUT2D eigenvalue weighted by Crippen LogP contribution is 2.36. The Kier molecular flexibility index (Phi) is 3.10. The molecule has 130 valence electrons. The topological polar surface area (TPSA) is 35.8 Å². The summed E-state index contributed by atoms with van der Waals surface area (Å²) in [6.07, 6.45) is 2.08. The fourth-order valence-electron chi connectivity index (χ4n) is 3.58. The summed E-state index contributed by atoms with van der Waals surface area (Å²) in [4.78, 5) is 4.85. The van der Waals surface area contributed by atoms with Crippen molar-refractivity contribution in [1.29, 1.82) is 0 Å². The highest BCUT2D eigenvalue weighted by atomic mass is 16.7. The number of imidazole rings is 1. The van der Waals surface area contributed by atoms with E-state index in [1.807, 2.05) is 18.2 Å². The minimum Gasteiger partial charge on any atom is -0.399 e. The van der Waals surface area contributed by atoms with Crippen molar-refractivity contribution in [1.82, 2.24) is 9.38 Å². The largest absolute Gasteiger partial charge is 0.494 e. The van der Waals surface area contributed by atoms with Crippen molar-refractivity contribution >= 4 is 40.0 Å². The molecule has 4 nitrogen and oxygen atoms in total. The van der Waals surface area contributed by atoms with Crippen molar-refractivity contribution in [3.63, 3.8) is 0 Å². The average Bonchev–Trinajstić information content (AvgIpc) is 3.09. The molecule has 1 aliphatic rings. The summed E-state index contributed by atoms with van der Waals surface area (Å²) in [5.74, 6) is 0. The lowest BCUT2D eigenvalue weighted by molar-refractivity contribution is 0.00578. The third kappa shape index (κ3) is 2.14. The number of benzene rings is 2. The zero-order chi connectivity index (χ0) is 18.1. The molecule has 1 fully saturated rings. The summed E-state index contributed by atoms with van der Waals surface area (Å²) < 4.78 is 14.6. The smallest absolute Gasteiger partial charge is 0.399 e. The maximum Gasteiger partial charge on any atom is 0.494 e. The first kappa shape index (κ1) is 15.9. The number of fused-ring (bicyclic) bond motifs is 5. The molecule has 26 heavy (non-hydrogen) atoms. The van der Waals surface area contributed by atoms with Gasteiger partial charge < -0.3 is 9.31 Å². The normalized spacial score (nSPS) is 19.0. The minimum absolute atomic E-state index is 0.347. The number of hydrogen-bond acceptors (Lipinski definition) is 3. The van der Waals surface area contributed by atoms with Gasteiger partial charge in [-0.1, -0.05) is 30.3 Å². The van der Waals surface area contributed by atoms with Crippen molar-refractivity contribution in [3.05, 3.63) is 54.7 Å². The van der Waals surface area contributed by atoms with E-state index < -0.39 is 0 Å². The molecule has 0 spiro atoms. The molecule has 0 bridgehead atoms. The van der Waals surface area contributed by atoms with Gasteiger partial charge in [0.25, 0.3) is 0 Å². The van der Waals surface area contributed by atoms with Crippen molar-refractivity contribution in [2.75, 3.05) is 0 Å². The maximum absolute atomic E-state index is 6.22. The van der Waals surface area contributed by atoms with Gasteiger partial charge in [0.15, 0.2) is 0 Å². The molecular weight excluding hydrogens is 323 g/mol. The van der Waals surface area contributed by atoms with E-state index in [0.29, 0.717) is 0 Å². The van der Waals surface area contributed by atoms with Crippen molar-refractivity contribution in [2.24, 2.45) is 0 Å². The molecule has 0 amide bonds. The van der Waals surface area contributed by atoms with Crippen LogP contribution in [0.5, 0.6) is 0 Å². The Hall–Kier alpha value is -2.37. The zero-order valence-corrected chi connectivity index (χ0v) is 15.5. The van der Waals surface area contributed by atoms with Crippen LogP contribution in [0.2, 0.25) is 0 Å². The van der Waals surface area contributed by atoms with Gasteiger partial charge in [-0.05, 0) is 56.7 Å². The van der Waals surface area contributed by atoms with Gasteiger partial charge in [-0.15, -0.1) is 0 Å². The average molecular weight is 344 g/mol. The second kappa shape index (κ2) is 5.09. The Morgan fingerprint density at radius 2 is 1.65 bits per heavy atom. The minimum atomic E-state index is -0.367. The van der Waals surface area contributed by atoms with Gasteiger partial charge >= 0.3 is 7.12 Å².